The molecule has 8 nitrogen and oxygen atoms in total. The highest BCUT2D eigenvalue weighted by molar-refractivity contribution is 5.89. The third-order valence-corrected chi connectivity index (χ3v) is 3.82. The maximum Gasteiger partial charge on any atom is 0.321 e. The Balaban J connectivity index is 1.59. The lowest BCUT2D eigenvalue weighted by Crippen LogP contribution is -2.38. The number of carbonyl (C=O) groups is 1. The Bertz CT molecular complexity index is 622. The summed E-state index contributed by atoms with van der Waals surface area (Å²) in [6, 6.07) is 3.47. The number of nitrogens with zero attached hydrogens (tertiary/aromatic N) is 5. The van der Waals surface area contributed by atoms with Crippen LogP contribution >= 0.6 is 0 Å². The first kappa shape index (κ1) is 15.4. The van der Waals surface area contributed by atoms with Crippen molar-refractivity contribution >= 4 is 11.7 Å². The van der Waals surface area contributed by atoms with Gasteiger partial charge in [-0.15, -0.1) is 0 Å². The number of aromatic nitrogens is 4. The van der Waals surface area contributed by atoms with E-state index in [2.05, 4.69) is 20.4 Å². The maximum atomic E-state index is 12.4. The topological polar surface area (TPSA) is 85.2 Å². The predicted molar refractivity (Wildman–Crippen MR) is 84.3 cm³/mol. The molecule has 3 rings (SSSR count). The first-order valence-corrected chi connectivity index (χ1v) is 7.71. The molecule has 0 aliphatic carbocycles. The third kappa shape index (κ3) is 3.84. The average Bonchev–Trinajstić information content (AvgIpc) is 3.27. The molecule has 1 atom stereocenters. The van der Waals surface area contributed by atoms with Crippen molar-refractivity contribution in [3.63, 3.8) is 0 Å². The summed E-state index contributed by atoms with van der Waals surface area (Å²) in [5.74, 6) is 1.07. The number of pyridine rings is 1. The largest absolute Gasteiger partial charge is 0.381 e. The van der Waals surface area contributed by atoms with Crippen LogP contribution in [0.25, 0.3) is 5.82 Å². The Labute approximate surface area is 134 Å². The minimum Gasteiger partial charge on any atom is -0.381 e. The van der Waals surface area contributed by atoms with Crippen molar-refractivity contribution in [2.45, 2.75) is 13.3 Å². The second-order valence-electron chi connectivity index (χ2n) is 5.44. The lowest BCUT2D eigenvalue weighted by Gasteiger charge is -2.24. The molecule has 0 saturated carbocycles. The van der Waals surface area contributed by atoms with Gasteiger partial charge in [0, 0.05) is 25.6 Å². The monoisotopic (exact) mass is 316 g/mol. The number of nitrogens with one attached hydrogen (secondary N) is 1. The Morgan fingerprint density at radius 1 is 1.52 bits per heavy atom. The number of hydrogen-bond acceptors (Lipinski definition) is 5. The van der Waals surface area contributed by atoms with Crippen LogP contribution in [-0.4, -0.2) is 57.0 Å². The van der Waals surface area contributed by atoms with Crippen LogP contribution < -0.4 is 5.32 Å². The summed E-state index contributed by atoms with van der Waals surface area (Å²) in [6.45, 7) is 4.87. The average molecular weight is 316 g/mol. The van der Waals surface area contributed by atoms with Gasteiger partial charge in [-0.1, -0.05) is 0 Å². The molecule has 0 bridgehead atoms. The number of rotatable bonds is 5. The van der Waals surface area contributed by atoms with E-state index in [0.717, 1.165) is 19.6 Å². The molecule has 1 aliphatic heterocycles. The summed E-state index contributed by atoms with van der Waals surface area (Å²) in [5.41, 5.74) is 0.653. The van der Waals surface area contributed by atoms with Gasteiger partial charge < -0.3 is 15.0 Å². The van der Waals surface area contributed by atoms with Crippen LogP contribution in [0.1, 0.15) is 13.3 Å². The van der Waals surface area contributed by atoms with E-state index in [0.29, 0.717) is 30.5 Å². The van der Waals surface area contributed by atoms with E-state index in [-0.39, 0.29) is 6.03 Å². The Morgan fingerprint density at radius 2 is 2.43 bits per heavy atom. The minimum atomic E-state index is -0.116. The van der Waals surface area contributed by atoms with Crippen LogP contribution in [0, 0.1) is 5.92 Å². The molecule has 0 aromatic carbocycles. The molecule has 1 N–H and O–H groups in total. The van der Waals surface area contributed by atoms with Gasteiger partial charge in [-0.3, -0.25) is 0 Å². The van der Waals surface area contributed by atoms with Crippen LogP contribution in [0.4, 0.5) is 10.5 Å². The zero-order valence-corrected chi connectivity index (χ0v) is 13.1. The first-order chi connectivity index (χ1) is 11.3. The molecule has 2 aromatic heterocycles. The van der Waals surface area contributed by atoms with Gasteiger partial charge in [0.15, 0.2) is 5.82 Å². The molecule has 1 fully saturated rings. The smallest absolute Gasteiger partial charge is 0.321 e. The van der Waals surface area contributed by atoms with E-state index < -0.39 is 0 Å². The van der Waals surface area contributed by atoms with Gasteiger partial charge in [0.25, 0.3) is 0 Å². The molecule has 1 aliphatic rings. The third-order valence-electron chi connectivity index (χ3n) is 3.82. The maximum absolute atomic E-state index is 12.4. The summed E-state index contributed by atoms with van der Waals surface area (Å²) in [7, 11) is 0. The summed E-state index contributed by atoms with van der Waals surface area (Å²) >= 11 is 0. The quantitative estimate of drug-likeness (QED) is 0.904. The van der Waals surface area contributed by atoms with Crippen LogP contribution in [-0.2, 0) is 4.74 Å². The molecule has 8 heteroatoms. The summed E-state index contributed by atoms with van der Waals surface area (Å²) in [4.78, 5) is 22.3. The molecule has 2 aromatic rings. The van der Waals surface area contributed by atoms with E-state index in [1.54, 1.807) is 34.2 Å². The molecule has 1 unspecified atom stereocenters. The number of hydrogen-bond donors (Lipinski definition) is 1. The number of urea groups is 1. The van der Waals surface area contributed by atoms with Crippen molar-refractivity contribution in [2.24, 2.45) is 5.92 Å². The molecule has 2 amide bonds. The zero-order valence-electron chi connectivity index (χ0n) is 13.1. The number of amides is 2. The van der Waals surface area contributed by atoms with Gasteiger partial charge in [0.2, 0.25) is 0 Å². The Morgan fingerprint density at radius 3 is 3.04 bits per heavy atom. The number of carbonyl (C=O) groups excluding carboxylic acids is 1. The molecule has 122 valence electrons. The van der Waals surface area contributed by atoms with E-state index in [1.807, 2.05) is 6.92 Å². The molecular weight excluding hydrogens is 296 g/mol. The lowest BCUT2D eigenvalue weighted by molar-refractivity contribution is 0.171. The van der Waals surface area contributed by atoms with E-state index in [4.69, 9.17) is 4.74 Å². The number of ether oxygens (including phenoxy) is 1. The van der Waals surface area contributed by atoms with Crippen molar-refractivity contribution in [1.29, 1.82) is 0 Å². The second-order valence-corrected chi connectivity index (χ2v) is 5.44. The fourth-order valence-corrected chi connectivity index (χ4v) is 2.52. The number of anilines is 1. The van der Waals surface area contributed by atoms with E-state index >= 15 is 0 Å². The minimum absolute atomic E-state index is 0.116. The standard InChI is InChI=1S/C15H20N6O2/c1-2-20(8-12-5-6-23-9-12)15(22)19-13-3-4-14(17-7-13)21-11-16-10-18-21/h3-4,7,10-12H,2,5-6,8-9H2,1H3,(H,19,22). The van der Waals surface area contributed by atoms with Crippen molar-refractivity contribution < 1.29 is 9.53 Å². The highest BCUT2D eigenvalue weighted by atomic mass is 16.5. The molecular formula is C15H20N6O2. The van der Waals surface area contributed by atoms with Gasteiger partial charge in [-0.2, -0.15) is 5.10 Å². The van der Waals surface area contributed by atoms with Crippen LogP contribution in [0.3, 0.4) is 0 Å². The van der Waals surface area contributed by atoms with Gasteiger partial charge in [0.1, 0.15) is 12.7 Å². The van der Waals surface area contributed by atoms with Crippen molar-refractivity contribution in [3.8, 4) is 5.82 Å². The van der Waals surface area contributed by atoms with Crippen molar-refractivity contribution in [3.05, 3.63) is 31.0 Å². The van der Waals surface area contributed by atoms with Crippen LogP contribution in [0.5, 0.6) is 0 Å². The van der Waals surface area contributed by atoms with Crippen molar-refractivity contribution in [1.82, 2.24) is 24.6 Å². The van der Waals surface area contributed by atoms with Gasteiger partial charge in [-0.05, 0) is 25.5 Å². The zero-order chi connectivity index (χ0) is 16.1. The van der Waals surface area contributed by atoms with Gasteiger partial charge in [0.05, 0.1) is 18.5 Å². The normalized spacial score (nSPS) is 17.2. The second kappa shape index (κ2) is 7.19. The van der Waals surface area contributed by atoms with Gasteiger partial charge >= 0.3 is 6.03 Å². The molecule has 1 saturated heterocycles. The van der Waals surface area contributed by atoms with E-state index in [9.17, 15) is 4.79 Å². The summed E-state index contributed by atoms with van der Waals surface area (Å²) in [5, 5.41) is 6.89. The molecule has 0 radical (unpaired) electrons. The predicted octanol–water partition coefficient (Wildman–Crippen LogP) is 1.55. The highest BCUT2D eigenvalue weighted by Gasteiger charge is 2.21. The van der Waals surface area contributed by atoms with Gasteiger partial charge in [-0.25, -0.2) is 19.4 Å². The van der Waals surface area contributed by atoms with Crippen LogP contribution in [0.2, 0.25) is 0 Å². The summed E-state index contributed by atoms with van der Waals surface area (Å²) < 4.78 is 6.93. The lowest BCUT2D eigenvalue weighted by atomic mass is 10.1. The molecule has 23 heavy (non-hydrogen) atoms. The SMILES string of the molecule is CCN(CC1CCOC1)C(=O)Nc1ccc(-n2cncn2)nc1. The van der Waals surface area contributed by atoms with E-state index in [1.165, 1.54) is 6.33 Å². The fourth-order valence-electron chi connectivity index (χ4n) is 2.52. The van der Waals surface area contributed by atoms with Crippen molar-refractivity contribution in [2.75, 3.05) is 31.6 Å². The summed E-state index contributed by atoms with van der Waals surface area (Å²) in [6.07, 6.45) is 5.64. The fraction of sp³-hybridized carbons (Fsp3) is 0.467. The Hall–Kier alpha value is -2.48. The molecule has 3 heterocycles. The molecule has 0 spiro atoms. The Kier molecular flexibility index (Phi) is 4.82. The van der Waals surface area contributed by atoms with Crippen LogP contribution in [0.15, 0.2) is 31.0 Å². The first-order valence-electron chi connectivity index (χ1n) is 7.71. The highest BCUT2D eigenvalue weighted by Crippen LogP contribution is 2.15.